The van der Waals surface area contributed by atoms with Gasteiger partial charge < -0.3 is 15.3 Å². The molecule has 0 aromatic carbocycles. The second-order valence-corrected chi connectivity index (χ2v) is 3.48. The molecule has 0 aliphatic carbocycles. The number of hydrogen-bond donors (Lipinski definition) is 3. The van der Waals surface area contributed by atoms with Gasteiger partial charge in [0.15, 0.2) is 12.3 Å². The normalized spacial score (nSPS) is 28.9. The summed E-state index contributed by atoms with van der Waals surface area (Å²) in [5, 5.41) is 27.3. The molecule has 94 valence electrons. The minimum atomic E-state index is -1.62. The molecule has 4 atom stereocenters. The van der Waals surface area contributed by atoms with Crippen molar-refractivity contribution in [3.8, 4) is 0 Å². The van der Waals surface area contributed by atoms with Crippen molar-refractivity contribution < 1.29 is 38.3 Å². The Morgan fingerprint density at radius 2 is 2.25 bits per heavy atom. The van der Waals surface area contributed by atoms with Gasteiger partial charge in [-0.05, 0) is 0 Å². The van der Waals surface area contributed by atoms with E-state index < -0.39 is 37.0 Å². The SMILES string of the molecule is COOC(C(=O)O)C(O)C1OSOC1CO. The van der Waals surface area contributed by atoms with Crippen LogP contribution < -0.4 is 0 Å². The third kappa shape index (κ3) is 3.04. The molecule has 1 rings (SSSR count). The Hall–Kier alpha value is -0.420. The molecule has 0 amide bonds. The first-order valence-electron chi connectivity index (χ1n) is 4.31. The number of aliphatic hydroxyl groups is 2. The molecule has 0 radical (unpaired) electrons. The highest BCUT2D eigenvalue weighted by Gasteiger charge is 2.44. The number of rotatable bonds is 6. The summed E-state index contributed by atoms with van der Waals surface area (Å²) in [6.07, 6.45) is -4.97. The third-order valence-corrected chi connectivity index (χ3v) is 2.58. The van der Waals surface area contributed by atoms with Crippen LogP contribution in [0.1, 0.15) is 0 Å². The monoisotopic (exact) mass is 256 g/mol. The summed E-state index contributed by atoms with van der Waals surface area (Å²) < 4.78 is 9.72. The molecule has 3 N–H and O–H groups in total. The van der Waals surface area contributed by atoms with Crippen LogP contribution in [0.3, 0.4) is 0 Å². The predicted octanol–water partition coefficient (Wildman–Crippen LogP) is -1.28. The van der Waals surface area contributed by atoms with Crippen LogP contribution in [0.4, 0.5) is 0 Å². The number of aliphatic hydroxyl groups excluding tert-OH is 2. The number of hydrogen-bond acceptors (Lipinski definition) is 8. The van der Waals surface area contributed by atoms with Crippen LogP contribution >= 0.6 is 12.3 Å². The van der Waals surface area contributed by atoms with E-state index in [-0.39, 0.29) is 0 Å². The van der Waals surface area contributed by atoms with Crippen molar-refractivity contribution in [3.63, 3.8) is 0 Å². The zero-order chi connectivity index (χ0) is 12.1. The van der Waals surface area contributed by atoms with E-state index in [1.807, 2.05) is 0 Å². The first kappa shape index (κ1) is 13.6. The molecule has 1 fully saturated rings. The Morgan fingerprint density at radius 1 is 1.56 bits per heavy atom. The van der Waals surface area contributed by atoms with E-state index in [0.717, 1.165) is 7.11 Å². The molecule has 1 saturated heterocycles. The van der Waals surface area contributed by atoms with Crippen molar-refractivity contribution in [3.05, 3.63) is 0 Å². The number of aliphatic carboxylic acids is 1. The highest BCUT2D eigenvalue weighted by atomic mass is 32.2. The minimum absolute atomic E-state index is 0.409. The molecule has 9 heteroatoms. The van der Waals surface area contributed by atoms with Crippen LogP contribution in [0, 0.1) is 0 Å². The van der Waals surface area contributed by atoms with Crippen LogP contribution in [0.15, 0.2) is 0 Å². The fourth-order valence-electron chi connectivity index (χ4n) is 1.17. The van der Waals surface area contributed by atoms with E-state index in [2.05, 4.69) is 9.78 Å². The molecular weight excluding hydrogens is 244 g/mol. The molecule has 8 nitrogen and oxygen atoms in total. The number of carbonyl (C=O) groups is 1. The van der Waals surface area contributed by atoms with Gasteiger partial charge in [0.2, 0.25) is 6.10 Å². The zero-order valence-corrected chi connectivity index (χ0v) is 9.12. The fraction of sp³-hybridized carbons (Fsp3) is 0.857. The quantitative estimate of drug-likeness (QED) is 0.303. The maximum absolute atomic E-state index is 10.8. The Balaban J connectivity index is 2.65. The molecule has 0 aromatic heterocycles. The molecule has 16 heavy (non-hydrogen) atoms. The smallest absolute Gasteiger partial charge is 0.339 e. The van der Waals surface area contributed by atoms with Crippen molar-refractivity contribution in [2.75, 3.05) is 13.7 Å². The second-order valence-electron chi connectivity index (χ2n) is 2.96. The molecule has 1 aliphatic heterocycles. The number of carboxylic acids is 1. The summed E-state index contributed by atoms with van der Waals surface area (Å²) in [5.41, 5.74) is 0. The largest absolute Gasteiger partial charge is 0.479 e. The van der Waals surface area contributed by atoms with Gasteiger partial charge in [-0.1, -0.05) is 0 Å². The van der Waals surface area contributed by atoms with Gasteiger partial charge in [0.05, 0.1) is 13.7 Å². The van der Waals surface area contributed by atoms with Gasteiger partial charge in [-0.25, -0.2) is 14.6 Å². The third-order valence-electron chi connectivity index (χ3n) is 1.95. The van der Waals surface area contributed by atoms with Gasteiger partial charge in [0, 0.05) is 0 Å². The first-order chi connectivity index (χ1) is 7.61. The molecule has 1 aliphatic rings. The van der Waals surface area contributed by atoms with Gasteiger partial charge in [-0.15, -0.1) is 0 Å². The van der Waals surface area contributed by atoms with Crippen LogP contribution in [-0.4, -0.2) is 59.4 Å². The van der Waals surface area contributed by atoms with Gasteiger partial charge in [0.25, 0.3) is 0 Å². The van der Waals surface area contributed by atoms with E-state index in [1.54, 1.807) is 0 Å². The molecule has 0 saturated carbocycles. The Kier molecular flexibility index (Phi) is 5.41. The summed E-state index contributed by atoms with van der Waals surface area (Å²) in [6.45, 7) is -0.409. The highest BCUT2D eigenvalue weighted by molar-refractivity contribution is 7.90. The number of carboxylic acid groups (broad SMARTS) is 1. The summed E-state index contributed by atoms with van der Waals surface area (Å²) >= 11 is 0.581. The zero-order valence-electron chi connectivity index (χ0n) is 8.31. The molecule has 0 bridgehead atoms. The standard InChI is InChI=1S/C7H12O8S/c1-12-13-6(7(10)11)4(9)5-3(2-8)14-16-15-5/h3-6,8-9H,2H2,1H3,(H,10,11). The molecule has 4 unspecified atom stereocenters. The van der Waals surface area contributed by atoms with E-state index >= 15 is 0 Å². The van der Waals surface area contributed by atoms with Crippen molar-refractivity contribution in [2.45, 2.75) is 24.4 Å². The average Bonchev–Trinajstić information content (AvgIpc) is 2.72. The Labute approximate surface area is 95.4 Å². The predicted molar refractivity (Wildman–Crippen MR) is 49.9 cm³/mol. The van der Waals surface area contributed by atoms with Crippen LogP contribution in [-0.2, 0) is 22.9 Å². The Morgan fingerprint density at radius 3 is 2.75 bits per heavy atom. The average molecular weight is 256 g/mol. The van der Waals surface area contributed by atoms with E-state index in [9.17, 15) is 9.90 Å². The molecule has 1 heterocycles. The van der Waals surface area contributed by atoms with Crippen molar-refractivity contribution >= 4 is 18.3 Å². The van der Waals surface area contributed by atoms with E-state index in [4.69, 9.17) is 18.6 Å². The van der Waals surface area contributed by atoms with Crippen LogP contribution in [0.2, 0.25) is 0 Å². The van der Waals surface area contributed by atoms with Gasteiger partial charge in [0.1, 0.15) is 18.3 Å². The molecule has 0 aromatic rings. The highest BCUT2D eigenvalue weighted by Crippen LogP contribution is 2.29. The van der Waals surface area contributed by atoms with Crippen molar-refractivity contribution in [1.29, 1.82) is 0 Å². The molecular formula is C7H12O8S. The van der Waals surface area contributed by atoms with Gasteiger partial charge >= 0.3 is 5.97 Å². The maximum atomic E-state index is 10.8. The van der Waals surface area contributed by atoms with E-state index in [1.165, 1.54) is 0 Å². The van der Waals surface area contributed by atoms with Crippen molar-refractivity contribution in [1.82, 2.24) is 0 Å². The lowest BCUT2D eigenvalue weighted by Gasteiger charge is -2.23. The van der Waals surface area contributed by atoms with E-state index in [0.29, 0.717) is 12.3 Å². The Bertz CT molecular complexity index is 236. The first-order valence-corrected chi connectivity index (χ1v) is 4.98. The summed E-state index contributed by atoms with van der Waals surface area (Å²) in [5.74, 6) is -1.41. The van der Waals surface area contributed by atoms with Gasteiger partial charge in [-0.2, -0.15) is 0 Å². The fourth-order valence-corrected chi connectivity index (χ4v) is 1.81. The summed E-state index contributed by atoms with van der Waals surface area (Å²) in [6, 6.07) is 0. The minimum Gasteiger partial charge on any atom is -0.479 e. The van der Waals surface area contributed by atoms with Crippen LogP contribution in [0.25, 0.3) is 0 Å². The summed E-state index contributed by atoms with van der Waals surface area (Å²) in [4.78, 5) is 19.4. The maximum Gasteiger partial charge on any atom is 0.339 e. The van der Waals surface area contributed by atoms with Crippen LogP contribution in [0.5, 0.6) is 0 Å². The lowest BCUT2D eigenvalue weighted by Crippen LogP contribution is -2.48. The second kappa shape index (κ2) is 6.35. The lowest BCUT2D eigenvalue weighted by molar-refractivity contribution is -0.319. The summed E-state index contributed by atoms with van der Waals surface area (Å²) in [7, 11) is 1.12. The van der Waals surface area contributed by atoms with Crippen molar-refractivity contribution in [2.24, 2.45) is 0 Å². The topological polar surface area (TPSA) is 115 Å². The molecule has 0 spiro atoms. The lowest BCUT2D eigenvalue weighted by atomic mass is 10.0. The van der Waals surface area contributed by atoms with Gasteiger partial charge in [-0.3, -0.25) is 8.37 Å².